The van der Waals surface area contributed by atoms with Crippen molar-refractivity contribution in [3.05, 3.63) is 64.9 Å². The zero-order chi connectivity index (χ0) is 16.5. The molecule has 2 rings (SSSR count). The first-order chi connectivity index (χ1) is 11.1. The average Bonchev–Trinajstić information content (AvgIpc) is 2.52. The molecule has 0 aliphatic rings. The van der Waals surface area contributed by atoms with Crippen LogP contribution in [0.15, 0.2) is 48.5 Å². The van der Waals surface area contributed by atoms with E-state index >= 15 is 0 Å². The molecule has 0 heterocycles. The molecule has 2 N–H and O–H groups in total. The minimum atomic E-state index is -0.134. The highest BCUT2D eigenvalue weighted by atomic mass is 35.5. The second-order valence-corrected chi connectivity index (χ2v) is 6.84. The molecule has 6 heteroatoms. The van der Waals surface area contributed by atoms with Crippen molar-refractivity contribution in [1.82, 2.24) is 5.32 Å². The first-order valence-corrected chi connectivity index (χ1v) is 9.21. The third kappa shape index (κ3) is 6.77. The Bertz CT molecular complexity index is 652. The van der Waals surface area contributed by atoms with Crippen molar-refractivity contribution in [2.45, 2.75) is 12.2 Å². The molecule has 0 radical (unpaired) electrons. The molecule has 0 saturated carbocycles. The summed E-state index contributed by atoms with van der Waals surface area (Å²) in [5.74, 6) is 1.50. The lowest BCUT2D eigenvalue weighted by Gasteiger charge is -2.10. The Balaban J connectivity index is 1.58. The lowest BCUT2D eigenvalue weighted by Crippen LogP contribution is -2.29. The highest BCUT2D eigenvalue weighted by Crippen LogP contribution is 2.16. The largest absolute Gasteiger partial charge is 0.362 e. The molecule has 0 saturated heterocycles. The Morgan fingerprint density at radius 3 is 2.78 bits per heavy atom. The monoisotopic (exact) mass is 368 g/mol. The number of benzene rings is 2. The van der Waals surface area contributed by atoms with E-state index in [4.69, 9.17) is 23.8 Å². The van der Waals surface area contributed by atoms with Gasteiger partial charge >= 0.3 is 0 Å². The SMILES string of the molecule is Fc1ccccc1CSCCCNC(=S)Nc1cccc(Cl)c1. The van der Waals surface area contributed by atoms with Gasteiger partial charge in [0.15, 0.2) is 5.11 Å². The zero-order valence-corrected chi connectivity index (χ0v) is 14.9. The van der Waals surface area contributed by atoms with Gasteiger partial charge in [0.25, 0.3) is 0 Å². The number of thioether (sulfide) groups is 1. The van der Waals surface area contributed by atoms with E-state index < -0.39 is 0 Å². The maximum atomic E-state index is 13.4. The second-order valence-electron chi connectivity index (χ2n) is 4.89. The smallest absolute Gasteiger partial charge is 0.170 e. The number of anilines is 1. The van der Waals surface area contributed by atoms with Crippen molar-refractivity contribution in [2.24, 2.45) is 0 Å². The summed E-state index contributed by atoms with van der Waals surface area (Å²) < 4.78 is 13.4. The van der Waals surface area contributed by atoms with Gasteiger partial charge in [-0.15, -0.1) is 0 Å². The van der Waals surface area contributed by atoms with Gasteiger partial charge in [0.1, 0.15) is 5.82 Å². The van der Waals surface area contributed by atoms with Gasteiger partial charge < -0.3 is 10.6 Å². The van der Waals surface area contributed by atoms with Crippen LogP contribution in [0, 0.1) is 5.82 Å². The zero-order valence-electron chi connectivity index (χ0n) is 12.5. The van der Waals surface area contributed by atoms with E-state index in [-0.39, 0.29) is 5.82 Å². The second kappa shape index (κ2) is 9.75. The first kappa shape index (κ1) is 18.0. The number of rotatable bonds is 7. The van der Waals surface area contributed by atoms with E-state index in [0.29, 0.717) is 15.9 Å². The van der Waals surface area contributed by atoms with E-state index in [1.54, 1.807) is 17.8 Å². The van der Waals surface area contributed by atoms with Crippen molar-refractivity contribution in [3.8, 4) is 0 Å². The highest BCUT2D eigenvalue weighted by molar-refractivity contribution is 7.98. The Labute approximate surface area is 150 Å². The van der Waals surface area contributed by atoms with Crippen molar-refractivity contribution in [3.63, 3.8) is 0 Å². The summed E-state index contributed by atoms with van der Waals surface area (Å²) in [7, 11) is 0. The van der Waals surface area contributed by atoms with Gasteiger partial charge in [-0.05, 0) is 54.2 Å². The molecule has 0 aromatic heterocycles. The maximum Gasteiger partial charge on any atom is 0.170 e. The van der Waals surface area contributed by atoms with E-state index in [1.807, 2.05) is 36.4 Å². The minimum Gasteiger partial charge on any atom is -0.362 e. The third-order valence-electron chi connectivity index (χ3n) is 3.05. The summed E-state index contributed by atoms with van der Waals surface area (Å²) in [4.78, 5) is 0. The van der Waals surface area contributed by atoms with E-state index in [1.165, 1.54) is 6.07 Å². The molecular weight excluding hydrogens is 351 g/mol. The van der Waals surface area contributed by atoms with Crippen molar-refractivity contribution < 1.29 is 4.39 Å². The molecule has 2 aromatic carbocycles. The Morgan fingerprint density at radius 1 is 1.17 bits per heavy atom. The molecule has 0 spiro atoms. The molecule has 0 atom stereocenters. The summed E-state index contributed by atoms with van der Waals surface area (Å²) in [6.07, 6.45) is 0.955. The summed E-state index contributed by atoms with van der Waals surface area (Å²) in [5.41, 5.74) is 1.62. The highest BCUT2D eigenvalue weighted by Gasteiger charge is 2.01. The van der Waals surface area contributed by atoms with Gasteiger partial charge in [-0.25, -0.2) is 4.39 Å². The van der Waals surface area contributed by atoms with Gasteiger partial charge in [0, 0.05) is 23.0 Å². The van der Waals surface area contributed by atoms with E-state index in [2.05, 4.69) is 10.6 Å². The number of hydrogen-bond acceptors (Lipinski definition) is 2. The lowest BCUT2D eigenvalue weighted by molar-refractivity contribution is 0.617. The van der Waals surface area contributed by atoms with E-state index in [9.17, 15) is 4.39 Å². The average molecular weight is 369 g/mol. The van der Waals surface area contributed by atoms with Crippen molar-refractivity contribution in [2.75, 3.05) is 17.6 Å². The molecule has 0 aliphatic heterocycles. The summed E-state index contributed by atoms with van der Waals surface area (Å²) in [5, 5.41) is 7.48. The molecule has 23 heavy (non-hydrogen) atoms. The van der Waals surface area contributed by atoms with Crippen molar-refractivity contribution >= 4 is 46.4 Å². The molecule has 0 bridgehead atoms. The third-order valence-corrected chi connectivity index (χ3v) is 4.62. The maximum absolute atomic E-state index is 13.4. The molecule has 2 aromatic rings. The molecule has 122 valence electrons. The van der Waals surface area contributed by atoms with Gasteiger partial charge in [-0.2, -0.15) is 11.8 Å². The van der Waals surface area contributed by atoms with Crippen LogP contribution in [0.5, 0.6) is 0 Å². The number of halogens is 2. The van der Waals surface area contributed by atoms with Crippen LogP contribution in [-0.2, 0) is 5.75 Å². The molecule has 0 fully saturated rings. The standard InChI is InChI=1S/C17H18ClFN2S2/c18-14-6-3-7-15(11-14)21-17(22)20-9-4-10-23-12-13-5-1-2-8-16(13)19/h1-3,5-8,11H,4,9-10,12H2,(H2,20,21,22). The molecule has 0 amide bonds. The summed E-state index contributed by atoms with van der Waals surface area (Å²) >= 11 is 12.9. The predicted octanol–water partition coefficient (Wildman–Crippen LogP) is 5.09. The first-order valence-electron chi connectivity index (χ1n) is 7.27. The fourth-order valence-electron chi connectivity index (χ4n) is 1.92. The molecule has 0 aliphatic carbocycles. The molecule has 0 unspecified atom stereocenters. The van der Waals surface area contributed by atoms with Gasteiger partial charge in [0.2, 0.25) is 0 Å². The Hall–Kier alpha value is -1.30. The number of nitrogens with one attached hydrogen (secondary N) is 2. The number of thiocarbonyl (C=S) groups is 1. The van der Waals surface area contributed by atoms with Crippen molar-refractivity contribution in [1.29, 1.82) is 0 Å². The quantitative estimate of drug-likeness (QED) is 0.525. The molecular formula is C17H18ClFN2S2. The summed E-state index contributed by atoms with van der Waals surface area (Å²) in [6, 6.07) is 14.3. The Morgan fingerprint density at radius 2 is 2.00 bits per heavy atom. The van der Waals surface area contributed by atoms with Crippen LogP contribution < -0.4 is 10.6 Å². The lowest BCUT2D eigenvalue weighted by atomic mass is 10.2. The van der Waals surface area contributed by atoms with Crippen LogP contribution in [0.3, 0.4) is 0 Å². The van der Waals surface area contributed by atoms with Gasteiger partial charge in [-0.1, -0.05) is 35.9 Å². The number of hydrogen-bond donors (Lipinski definition) is 2. The van der Waals surface area contributed by atoms with Crippen LogP contribution in [-0.4, -0.2) is 17.4 Å². The molecule has 2 nitrogen and oxygen atoms in total. The van der Waals surface area contributed by atoms with Gasteiger partial charge in [-0.3, -0.25) is 0 Å². The fraction of sp³-hybridized carbons (Fsp3) is 0.235. The normalized spacial score (nSPS) is 10.3. The van der Waals surface area contributed by atoms with E-state index in [0.717, 1.165) is 30.0 Å². The minimum absolute atomic E-state index is 0.134. The van der Waals surface area contributed by atoms with Crippen LogP contribution in [0.25, 0.3) is 0 Å². The fourth-order valence-corrected chi connectivity index (χ4v) is 3.27. The van der Waals surface area contributed by atoms with Crippen LogP contribution in [0.2, 0.25) is 5.02 Å². The van der Waals surface area contributed by atoms with Crippen LogP contribution in [0.1, 0.15) is 12.0 Å². The Kier molecular flexibility index (Phi) is 7.65. The summed E-state index contributed by atoms with van der Waals surface area (Å²) in [6.45, 7) is 0.774. The predicted molar refractivity (Wildman–Crippen MR) is 103 cm³/mol. The van der Waals surface area contributed by atoms with Crippen LogP contribution in [0.4, 0.5) is 10.1 Å². The van der Waals surface area contributed by atoms with Crippen LogP contribution >= 0.6 is 35.6 Å². The van der Waals surface area contributed by atoms with Gasteiger partial charge in [0.05, 0.1) is 0 Å². The topological polar surface area (TPSA) is 24.1 Å².